The topological polar surface area (TPSA) is 51.2 Å². The molecule has 0 aliphatic heterocycles. The van der Waals surface area contributed by atoms with Crippen LogP contribution in [-0.4, -0.2) is 36.6 Å². The van der Waals surface area contributed by atoms with Gasteiger partial charge in [-0.05, 0) is 0 Å². The monoisotopic (exact) mass is 2880 g/mol. The second-order valence-corrected chi connectivity index (χ2v) is 163. The molecule has 309 valence electrons. The Hall–Kier alpha value is 13.8. The molecule has 0 aromatic rings. The second-order valence-electron chi connectivity index (χ2n) is 0.540. The molecule has 0 saturated carbocycles. The molecule has 45 heavy (non-hydrogen) atoms. The van der Waals surface area contributed by atoms with Crippen molar-refractivity contribution in [2.45, 2.75) is 96.5 Å². The van der Waals surface area contributed by atoms with E-state index >= 15 is 0 Å². The average molecular weight is 2880 g/mol. The summed E-state index contributed by atoms with van der Waals surface area (Å²) in [6.07, 6.45) is 0. The van der Waals surface area contributed by atoms with Crippen LogP contribution < -0.4 is 53.0 Å². The first kappa shape index (κ1) is 207. The van der Waals surface area contributed by atoms with Crippen LogP contribution in [0.1, 0.15) is 96.5 Å². The van der Waals surface area contributed by atoms with Crippen LogP contribution in [0, 0.1) is 0 Å². The van der Waals surface area contributed by atoms with Crippen molar-refractivity contribution in [1.29, 1.82) is 0 Å². The van der Waals surface area contributed by atoms with Gasteiger partial charge in [-0.3, -0.25) is 9.41 Å². The normalized spacial score (nSPS) is 4.02. The minimum Gasteiger partial charge on any atom is 0 e. The van der Waals surface area contributed by atoms with Gasteiger partial charge in [0.15, 0.2) is 0 Å². The Morgan fingerprint density at radius 3 is 0.400 bits per heavy atom. The summed E-state index contributed by atoms with van der Waals surface area (Å²) in [5.41, 5.74) is 0. The molecule has 0 heterocycles. The molecule has 0 N–H and O–H groups in total. The van der Waals surface area contributed by atoms with Crippen LogP contribution in [0.15, 0.2) is 0 Å². The van der Waals surface area contributed by atoms with Crippen molar-refractivity contribution in [3.8, 4) is 0 Å². The van der Waals surface area contributed by atoms with Crippen LogP contribution in [0.4, 0.5) is 9.41 Å². The maximum absolute atomic E-state index is 7.75. The van der Waals surface area contributed by atoms with Gasteiger partial charge in [-0.25, -0.2) is 0 Å². The molecule has 5 radical (unpaired) electrons. The van der Waals surface area contributed by atoms with E-state index in [2.05, 4.69) is 247 Å². The van der Waals surface area contributed by atoms with Crippen molar-refractivity contribution < 1.29 is 119 Å². The summed E-state index contributed by atoms with van der Waals surface area (Å²) >= 11 is 34.5. The smallest absolute Gasteiger partial charge is 0 e. The summed E-state index contributed by atoms with van der Waals surface area (Å²) in [4.78, 5) is 0. The maximum atomic E-state index is 7.75. The summed E-state index contributed by atoms with van der Waals surface area (Å²) < 4.78 is 23.2. The predicted octanol–water partition coefficient (Wildman–Crippen LogP) is 6.48. The minimum atomic E-state index is -0.245. The molecule has 0 bridgehead atoms. The molecule has 0 atom stereocenters. The zero-order chi connectivity index (χ0) is 24.0. The van der Waals surface area contributed by atoms with E-state index in [4.69, 9.17) is 14.1 Å². The van der Waals surface area contributed by atoms with Crippen LogP contribution in [0.3, 0.4) is 0 Å². The number of hydrogen-bond acceptors (Lipinski definition) is 5. The van der Waals surface area contributed by atoms with E-state index in [0.717, 1.165) is 0 Å². The van der Waals surface area contributed by atoms with Gasteiger partial charge in [-0.1, -0.05) is 96.5 Å². The standard InChI is InChI=1S/13CH4.3BO.2BS.2FH.2I5.2I3.2H2S.2W/c;;;;;;;;;;;;;5*1-2;;;2*1-4-5(2)3;2*1-3-2;;;;/h13*1H4;;;;;;2*1H;;;;;2*1H2;;/q;;;;;;;;;;;;;;;;;;;;4*-1;;;;. The van der Waals surface area contributed by atoms with E-state index in [-0.39, 0.29) is 191 Å². The molecule has 0 amide bonds. The predicted molar refractivity (Wildman–Crippen MR) is 328 cm³/mol. The molecular weight excluding hydrogens is 2820 g/mol. The molecule has 0 rings (SSSR count). The van der Waals surface area contributed by atoms with Crippen molar-refractivity contribution in [3.05, 3.63) is 0 Å². The molecule has 0 unspecified atom stereocenters. The number of hydrogen-bond donors (Lipinski definition) is 0. The zero-order valence-corrected chi connectivity index (χ0v) is 57.6. The fraction of sp³-hybridized carbons (Fsp3) is 1.00. The van der Waals surface area contributed by atoms with Gasteiger partial charge < -0.3 is 0 Å². The van der Waals surface area contributed by atoms with Gasteiger partial charge in [0.25, 0.3) is 0 Å². The van der Waals surface area contributed by atoms with Crippen LogP contribution in [0.2, 0.25) is 0 Å². The Balaban J connectivity index is -0.00000000269. The van der Waals surface area contributed by atoms with E-state index < -0.39 is 0 Å². The Morgan fingerprint density at radius 1 is 0.378 bits per heavy atom. The molecule has 32 heteroatoms. The van der Waals surface area contributed by atoms with Crippen molar-refractivity contribution in [2.75, 3.05) is 0 Å². The van der Waals surface area contributed by atoms with Crippen molar-refractivity contribution in [3.63, 3.8) is 0 Å². The Kier molecular flexibility index (Phi) is 1520. The van der Waals surface area contributed by atoms with Crippen LogP contribution in [-0.2, 0) is 56.2 Å². The third-order valence-electron chi connectivity index (χ3n) is 0.0816. The Morgan fingerprint density at radius 2 is 0.400 bits per heavy atom. The van der Waals surface area contributed by atoms with Crippen molar-refractivity contribution in [2.24, 2.45) is 0 Å². The summed E-state index contributed by atoms with van der Waals surface area (Å²) in [7, 11) is 9.26. The van der Waals surface area contributed by atoms with Gasteiger partial charge in [0.2, 0.25) is 0 Å². The zero-order valence-electron chi connectivity index (χ0n) is 13.6. The van der Waals surface area contributed by atoms with Crippen molar-refractivity contribution >= 4 is 290 Å². The van der Waals surface area contributed by atoms with Gasteiger partial charge in [-0.15, -0.1) is 0 Å². The second kappa shape index (κ2) is 329. The van der Waals surface area contributed by atoms with Gasteiger partial charge >= 0.3 is 330 Å². The molecule has 0 aromatic heterocycles. The number of rotatable bonds is 2. The SMILES string of the molecule is C.C.C.C.C.C.C.C.C.C.C.C.C.F.F.I[I-]I.I[I-]I.I[I-]I(I)I.I[I-]I(I)I.S.S.[B]=O.[B]=O.[B]=O.[B]=S.[B]=S.[W].[W]. The van der Waals surface area contributed by atoms with Crippen LogP contribution in [0.5, 0.6) is 0 Å². The van der Waals surface area contributed by atoms with E-state index in [0.29, 0.717) is 53.0 Å². The third kappa shape index (κ3) is 569. The molecule has 0 aliphatic carbocycles. The quantitative estimate of drug-likeness (QED) is 0.235. The maximum Gasteiger partial charge on any atom is 0 e. The Bertz CT molecular complexity index is 198. The molecule has 0 aromatic carbocycles. The molecule has 3 nitrogen and oxygen atoms in total. The fourth-order valence-electron chi connectivity index (χ4n) is 0. The third-order valence-corrected chi connectivity index (χ3v) is 165. The first-order chi connectivity index (χ1) is 12.4. The fourth-order valence-corrected chi connectivity index (χ4v) is 0. The summed E-state index contributed by atoms with van der Waals surface area (Å²) in [6.45, 7) is 8.17. The molecule has 0 aliphatic rings. The van der Waals surface area contributed by atoms with Crippen molar-refractivity contribution in [1.82, 2.24) is 0 Å². The molecule has 0 saturated heterocycles. The minimum absolute atomic E-state index is 0. The van der Waals surface area contributed by atoms with E-state index in [9.17, 15) is 0 Å². The summed E-state index contributed by atoms with van der Waals surface area (Å²) in [5, 5.41) is 0. The molecule has 0 spiro atoms. The van der Waals surface area contributed by atoms with E-state index in [1.165, 1.54) is 0 Å². The van der Waals surface area contributed by atoms with Gasteiger partial charge in [0, 0.05) is 42.1 Å². The molecule has 0 fully saturated rings. The number of halogens is 18. The van der Waals surface area contributed by atoms with Gasteiger partial charge in [0.05, 0.1) is 0 Å². The average Bonchev–Trinajstić information content (AvgIpc) is 2.71. The summed E-state index contributed by atoms with van der Waals surface area (Å²) in [6, 6.07) is 0. The van der Waals surface area contributed by atoms with Crippen LogP contribution in [0.25, 0.3) is 0 Å². The summed E-state index contributed by atoms with van der Waals surface area (Å²) in [5.74, 6) is 0. The largest absolute Gasteiger partial charge is 0 e. The molecular formula is C13H58B5F2I16O3S4W2-4. The van der Waals surface area contributed by atoms with Crippen LogP contribution >= 0.6 is 253 Å². The Labute approximate surface area is 489 Å². The van der Waals surface area contributed by atoms with Gasteiger partial charge in [-0.2, -0.15) is 27.0 Å². The van der Waals surface area contributed by atoms with Gasteiger partial charge in [0.1, 0.15) is 0 Å². The van der Waals surface area contributed by atoms with E-state index in [1.807, 2.05) is 0 Å². The van der Waals surface area contributed by atoms with E-state index in [1.54, 1.807) is 0 Å². The first-order valence-electron chi connectivity index (χ1n) is 2.89. The first-order valence-corrected chi connectivity index (χ1v) is 79.3.